The largest absolute Gasteiger partial charge is 0.496 e. The molecule has 3 aromatic rings. The Bertz CT molecular complexity index is 1340. The number of aromatic amines is 1. The van der Waals surface area contributed by atoms with Crippen molar-refractivity contribution in [1.29, 1.82) is 0 Å². The first-order chi connectivity index (χ1) is 15.2. The van der Waals surface area contributed by atoms with E-state index in [0.717, 1.165) is 11.1 Å². The molecule has 2 aliphatic rings. The Morgan fingerprint density at radius 3 is 2.75 bits per heavy atom. The third-order valence-electron chi connectivity index (χ3n) is 6.39. The highest BCUT2D eigenvalue weighted by Gasteiger charge is 2.59. The standard InChI is InChI=1S/C19H20ClN5O6S/c1-24-17(18(26)31-23-24)32(27,28)25-7-5-19(6-8-25)10-13(19)16-21-15(22-30-16)12-9-11(20)3-4-14(12)29-2/h3-4,9,13H,5-8,10H2,1-2H3/p+1. The minimum atomic E-state index is -3.95. The van der Waals surface area contributed by atoms with Crippen molar-refractivity contribution >= 4 is 21.6 Å². The Morgan fingerprint density at radius 2 is 2.09 bits per heavy atom. The smallest absolute Gasteiger partial charge is 0.448 e. The molecule has 0 amide bonds. The molecule has 2 fully saturated rings. The van der Waals surface area contributed by atoms with Crippen molar-refractivity contribution in [2.45, 2.75) is 30.2 Å². The van der Waals surface area contributed by atoms with Gasteiger partial charge in [-0.3, -0.25) is 4.52 Å². The van der Waals surface area contributed by atoms with E-state index in [9.17, 15) is 13.2 Å². The zero-order valence-electron chi connectivity index (χ0n) is 17.4. The summed E-state index contributed by atoms with van der Waals surface area (Å²) in [6.45, 7) is 0.596. The Morgan fingerprint density at radius 1 is 1.34 bits per heavy atom. The summed E-state index contributed by atoms with van der Waals surface area (Å²) in [7, 11) is -0.970. The number of nitrogens with one attached hydrogen (secondary N) is 1. The second-order valence-corrected chi connectivity index (χ2v) is 10.5. The molecule has 1 saturated carbocycles. The van der Waals surface area contributed by atoms with E-state index < -0.39 is 20.7 Å². The van der Waals surface area contributed by atoms with Gasteiger partial charge in [0.05, 0.1) is 12.7 Å². The van der Waals surface area contributed by atoms with Crippen LogP contribution in [0.5, 0.6) is 5.75 Å². The van der Waals surface area contributed by atoms with Crippen molar-refractivity contribution in [1.82, 2.24) is 19.7 Å². The number of hydrogen-bond acceptors (Lipinski definition) is 8. The minimum Gasteiger partial charge on any atom is -0.496 e. The maximum Gasteiger partial charge on any atom is 0.448 e. The zero-order valence-corrected chi connectivity index (χ0v) is 18.9. The molecule has 1 saturated heterocycles. The number of rotatable bonds is 5. The number of nitrogens with zero attached hydrogens (tertiary/aromatic N) is 4. The van der Waals surface area contributed by atoms with E-state index in [0.29, 0.717) is 54.0 Å². The number of sulfonamides is 1. The number of halogens is 1. The minimum absolute atomic E-state index is 0.0622. The van der Waals surface area contributed by atoms with E-state index >= 15 is 0 Å². The first-order valence-corrected chi connectivity index (χ1v) is 11.8. The van der Waals surface area contributed by atoms with Crippen molar-refractivity contribution in [3.05, 3.63) is 39.5 Å². The topological polar surface area (TPSA) is 135 Å². The Hall–Kier alpha value is -2.70. The molecule has 1 aliphatic carbocycles. The summed E-state index contributed by atoms with van der Waals surface area (Å²) in [6, 6.07) is 5.19. The number of piperidine rings is 1. The van der Waals surface area contributed by atoms with Gasteiger partial charge < -0.3 is 9.26 Å². The zero-order chi connectivity index (χ0) is 22.7. The fraction of sp³-hybridized carbons (Fsp3) is 0.474. The number of hydrogen-bond donors (Lipinski definition) is 1. The number of aromatic nitrogens is 4. The SMILES string of the molecule is COc1ccc(Cl)cc1-c1noc(C2CC23CCN(S(=O)(=O)c2c(=O)o[nH][n+]2C)CC3)n1. The maximum atomic E-state index is 12.9. The summed E-state index contributed by atoms with van der Waals surface area (Å²) >= 11 is 6.10. The molecule has 0 radical (unpaired) electrons. The van der Waals surface area contributed by atoms with Crippen LogP contribution in [0.1, 0.15) is 31.1 Å². The van der Waals surface area contributed by atoms with Crippen LogP contribution >= 0.6 is 11.6 Å². The summed E-state index contributed by atoms with van der Waals surface area (Å²) < 4.78 is 43.7. The van der Waals surface area contributed by atoms with Gasteiger partial charge in [0.1, 0.15) is 5.75 Å². The molecule has 5 rings (SSSR count). The van der Waals surface area contributed by atoms with Crippen LogP contribution < -0.4 is 15.0 Å². The van der Waals surface area contributed by atoms with Crippen LogP contribution in [0.2, 0.25) is 5.02 Å². The molecule has 11 nitrogen and oxygen atoms in total. The van der Waals surface area contributed by atoms with Crippen LogP contribution in [-0.2, 0) is 17.1 Å². The second kappa shape index (κ2) is 7.42. The molecular formula is C19H21ClN5O6S+. The fourth-order valence-corrected chi connectivity index (χ4v) is 6.21. The molecule has 1 atom stereocenters. The number of benzene rings is 1. The second-order valence-electron chi connectivity index (χ2n) is 8.17. The molecule has 1 unspecified atom stereocenters. The van der Waals surface area contributed by atoms with Crippen molar-refractivity contribution in [3.8, 4) is 17.1 Å². The Labute approximate surface area is 187 Å². The lowest BCUT2D eigenvalue weighted by Gasteiger charge is -2.30. The van der Waals surface area contributed by atoms with Gasteiger partial charge in [-0.05, 0) is 48.1 Å². The van der Waals surface area contributed by atoms with Gasteiger partial charge in [0.15, 0.2) is 7.05 Å². The highest BCUT2D eigenvalue weighted by molar-refractivity contribution is 7.88. The molecule has 32 heavy (non-hydrogen) atoms. The molecule has 170 valence electrons. The monoisotopic (exact) mass is 482 g/mol. The molecule has 0 bridgehead atoms. The van der Waals surface area contributed by atoms with Gasteiger partial charge in [-0.25, -0.2) is 13.2 Å². The fourth-order valence-electron chi connectivity index (χ4n) is 4.49. The van der Waals surface area contributed by atoms with E-state index in [4.69, 9.17) is 20.9 Å². The first-order valence-electron chi connectivity index (χ1n) is 10.0. The predicted molar refractivity (Wildman–Crippen MR) is 110 cm³/mol. The number of H-pyrrole nitrogens is 1. The highest BCUT2D eigenvalue weighted by Crippen LogP contribution is 2.64. The predicted octanol–water partition coefficient (Wildman–Crippen LogP) is 1.46. The highest BCUT2D eigenvalue weighted by atomic mass is 35.5. The van der Waals surface area contributed by atoms with E-state index in [1.54, 1.807) is 25.3 Å². The molecule has 1 spiro atoms. The van der Waals surface area contributed by atoms with Crippen molar-refractivity contribution in [3.63, 3.8) is 0 Å². The molecule has 1 N–H and O–H groups in total. The van der Waals surface area contributed by atoms with Gasteiger partial charge in [0.25, 0.3) is 0 Å². The van der Waals surface area contributed by atoms with Crippen molar-refractivity contribution < 1.29 is 26.9 Å². The molecule has 2 aromatic heterocycles. The molecule has 1 aromatic carbocycles. The van der Waals surface area contributed by atoms with E-state index in [-0.39, 0.29) is 11.3 Å². The normalized spacial score (nSPS) is 20.5. The quantitative estimate of drug-likeness (QED) is 0.540. The lowest BCUT2D eigenvalue weighted by molar-refractivity contribution is -0.773. The summed E-state index contributed by atoms with van der Waals surface area (Å²) in [5, 5.41) is 6.48. The lowest BCUT2D eigenvalue weighted by Crippen LogP contribution is -2.47. The average Bonchev–Trinajstić information content (AvgIpc) is 3.10. The Kier molecular flexibility index (Phi) is 4.91. The molecule has 1 aliphatic heterocycles. The third-order valence-corrected chi connectivity index (χ3v) is 8.60. The van der Waals surface area contributed by atoms with Crippen LogP contribution in [0.15, 0.2) is 37.1 Å². The summed E-state index contributed by atoms with van der Waals surface area (Å²) in [4.78, 5) is 16.4. The van der Waals surface area contributed by atoms with Crippen LogP contribution in [0.25, 0.3) is 11.4 Å². The van der Waals surface area contributed by atoms with Crippen LogP contribution in [0, 0.1) is 5.41 Å². The van der Waals surface area contributed by atoms with Crippen LogP contribution in [0.3, 0.4) is 0 Å². The summed E-state index contributed by atoms with van der Waals surface area (Å²) in [6.07, 6.45) is 2.11. The number of ether oxygens (including phenoxy) is 1. The van der Waals surface area contributed by atoms with Gasteiger partial charge in [-0.1, -0.05) is 21.4 Å². The van der Waals surface area contributed by atoms with E-state index in [1.807, 2.05) is 0 Å². The molecule has 3 heterocycles. The van der Waals surface area contributed by atoms with Gasteiger partial charge in [0.2, 0.25) is 11.7 Å². The number of methoxy groups -OCH3 is 1. The van der Waals surface area contributed by atoms with Crippen molar-refractivity contribution in [2.75, 3.05) is 20.2 Å². The third kappa shape index (κ3) is 3.33. The number of aryl methyl sites for hydroxylation is 1. The lowest BCUT2D eigenvalue weighted by atomic mass is 9.92. The van der Waals surface area contributed by atoms with E-state index in [1.165, 1.54) is 11.4 Å². The summed E-state index contributed by atoms with van der Waals surface area (Å²) in [5.74, 6) is 1.57. The van der Waals surface area contributed by atoms with Crippen LogP contribution in [0.4, 0.5) is 0 Å². The molecule has 13 heteroatoms. The van der Waals surface area contributed by atoms with Gasteiger partial charge >= 0.3 is 20.7 Å². The Balaban J connectivity index is 1.31. The van der Waals surface area contributed by atoms with Crippen LogP contribution in [-0.4, -0.2) is 48.3 Å². The first kappa shape index (κ1) is 21.2. The van der Waals surface area contributed by atoms with Gasteiger partial charge in [0, 0.05) is 24.0 Å². The molecular weight excluding hydrogens is 462 g/mol. The maximum absolute atomic E-state index is 12.9. The average molecular weight is 483 g/mol. The van der Waals surface area contributed by atoms with Gasteiger partial charge in [-0.2, -0.15) is 9.29 Å². The summed E-state index contributed by atoms with van der Waals surface area (Å²) in [5.41, 5.74) is -0.352. The van der Waals surface area contributed by atoms with Gasteiger partial charge in [-0.15, -0.1) is 0 Å². The van der Waals surface area contributed by atoms with E-state index in [2.05, 4.69) is 19.9 Å². The van der Waals surface area contributed by atoms with Crippen molar-refractivity contribution in [2.24, 2.45) is 12.5 Å².